The SMILES string of the molecule is COC(=O)c1cccn(S(=O)(=O)c2ccc([N+](=O)[O-])cc2)c1=O. The van der Waals surface area contributed by atoms with E-state index < -0.39 is 32.0 Å². The van der Waals surface area contributed by atoms with Crippen LogP contribution in [-0.4, -0.2) is 30.4 Å². The molecule has 1 aromatic carbocycles. The van der Waals surface area contributed by atoms with Crippen LogP contribution in [0.2, 0.25) is 0 Å². The number of non-ortho nitro benzene ring substituents is 1. The van der Waals surface area contributed by atoms with Crippen LogP contribution in [0, 0.1) is 10.1 Å². The highest BCUT2D eigenvalue weighted by atomic mass is 32.2. The number of esters is 1. The van der Waals surface area contributed by atoms with E-state index in [1.54, 1.807) is 0 Å². The lowest BCUT2D eigenvalue weighted by molar-refractivity contribution is -0.384. The molecule has 0 unspecified atom stereocenters. The van der Waals surface area contributed by atoms with Gasteiger partial charge in [-0.25, -0.2) is 17.2 Å². The molecule has 0 aliphatic rings. The molecule has 0 atom stereocenters. The predicted molar refractivity (Wildman–Crippen MR) is 77.7 cm³/mol. The number of hydrogen-bond donors (Lipinski definition) is 0. The second-order valence-electron chi connectivity index (χ2n) is 4.27. The third kappa shape index (κ3) is 2.97. The van der Waals surface area contributed by atoms with Crippen LogP contribution in [0.1, 0.15) is 10.4 Å². The Balaban J connectivity index is 2.58. The summed E-state index contributed by atoms with van der Waals surface area (Å²) >= 11 is 0. The van der Waals surface area contributed by atoms with Crippen molar-refractivity contribution in [3.63, 3.8) is 0 Å². The van der Waals surface area contributed by atoms with Gasteiger partial charge in [0.15, 0.2) is 0 Å². The van der Waals surface area contributed by atoms with Crippen molar-refractivity contribution >= 4 is 21.7 Å². The molecule has 0 saturated carbocycles. The van der Waals surface area contributed by atoms with Crippen LogP contribution >= 0.6 is 0 Å². The molecule has 0 radical (unpaired) electrons. The van der Waals surface area contributed by atoms with Crippen molar-refractivity contribution in [2.24, 2.45) is 0 Å². The average Bonchev–Trinajstić information content (AvgIpc) is 2.54. The van der Waals surface area contributed by atoms with E-state index in [1.165, 1.54) is 6.07 Å². The van der Waals surface area contributed by atoms with Crippen molar-refractivity contribution in [2.45, 2.75) is 4.90 Å². The number of ether oxygens (including phenoxy) is 1. The molecule has 0 aliphatic heterocycles. The van der Waals surface area contributed by atoms with Crippen LogP contribution in [-0.2, 0) is 14.8 Å². The van der Waals surface area contributed by atoms with Crippen molar-refractivity contribution in [3.8, 4) is 0 Å². The number of hydrogen-bond acceptors (Lipinski definition) is 7. The lowest BCUT2D eigenvalue weighted by atomic mass is 10.3. The summed E-state index contributed by atoms with van der Waals surface area (Å²) in [6, 6.07) is 6.35. The summed E-state index contributed by atoms with van der Waals surface area (Å²) in [4.78, 5) is 33.2. The zero-order valence-electron chi connectivity index (χ0n) is 11.7. The maximum Gasteiger partial charge on any atom is 0.343 e. The van der Waals surface area contributed by atoms with Crippen LogP contribution in [0.4, 0.5) is 5.69 Å². The summed E-state index contributed by atoms with van der Waals surface area (Å²) in [5.41, 5.74) is -1.81. The zero-order valence-corrected chi connectivity index (χ0v) is 12.5. The third-order valence-corrected chi connectivity index (χ3v) is 4.60. The molecule has 2 aromatic rings. The molecule has 0 aliphatic carbocycles. The maximum absolute atomic E-state index is 12.4. The summed E-state index contributed by atoms with van der Waals surface area (Å²) in [5.74, 6) is -0.969. The molecule has 0 fully saturated rings. The van der Waals surface area contributed by atoms with Gasteiger partial charge in [0.25, 0.3) is 21.3 Å². The highest BCUT2D eigenvalue weighted by Gasteiger charge is 2.22. The monoisotopic (exact) mass is 338 g/mol. The number of aromatic nitrogens is 1. The number of benzene rings is 1. The largest absolute Gasteiger partial charge is 0.465 e. The summed E-state index contributed by atoms with van der Waals surface area (Å²) < 4.78 is 29.7. The summed E-state index contributed by atoms with van der Waals surface area (Å²) in [5, 5.41) is 10.6. The van der Waals surface area contributed by atoms with Gasteiger partial charge in [0.1, 0.15) is 5.56 Å². The van der Waals surface area contributed by atoms with Gasteiger partial charge in [-0.05, 0) is 24.3 Å². The first-order valence-electron chi connectivity index (χ1n) is 6.09. The highest BCUT2D eigenvalue weighted by Crippen LogP contribution is 2.17. The number of carbonyl (C=O) groups is 1. The van der Waals surface area contributed by atoms with Crippen LogP contribution in [0.25, 0.3) is 0 Å². The molecule has 23 heavy (non-hydrogen) atoms. The van der Waals surface area contributed by atoms with E-state index in [-0.39, 0.29) is 10.6 Å². The minimum Gasteiger partial charge on any atom is -0.465 e. The molecule has 0 spiro atoms. The Morgan fingerprint density at radius 3 is 2.35 bits per heavy atom. The van der Waals surface area contributed by atoms with Crippen molar-refractivity contribution in [1.29, 1.82) is 0 Å². The molecule has 10 heteroatoms. The average molecular weight is 338 g/mol. The highest BCUT2D eigenvalue weighted by molar-refractivity contribution is 7.90. The van der Waals surface area contributed by atoms with E-state index in [2.05, 4.69) is 4.74 Å². The van der Waals surface area contributed by atoms with E-state index in [4.69, 9.17) is 0 Å². The molecule has 2 rings (SSSR count). The second kappa shape index (κ2) is 6.01. The molecule has 120 valence electrons. The Bertz CT molecular complexity index is 930. The van der Waals surface area contributed by atoms with E-state index >= 15 is 0 Å². The number of nitro groups is 1. The van der Waals surface area contributed by atoms with Crippen LogP contribution in [0.15, 0.2) is 52.3 Å². The van der Waals surface area contributed by atoms with Gasteiger partial charge in [-0.1, -0.05) is 0 Å². The van der Waals surface area contributed by atoms with Gasteiger partial charge >= 0.3 is 5.97 Å². The summed E-state index contributed by atoms with van der Waals surface area (Å²) in [7, 11) is -3.24. The van der Waals surface area contributed by atoms with E-state index in [0.717, 1.165) is 43.6 Å². The van der Waals surface area contributed by atoms with Gasteiger partial charge in [0.2, 0.25) is 0 Å². The number of carbonyl (C=O) groups excluding carboxylic acids is 1. The minimum absolute atomic E-state index is 0.292. The first-order valence-corrected chi connectivity index (χ1v) is 7.53. The Labute approximate surface area is 129 Å². The molecule has 1 aromatic heterocycles. The molecule has 1 heterocycles. The van der Waals surface area contributed by atoms with Gasteiger partial charge in [-0.15, -0.1) is 0 Å². The van der Waals surface area contributed by atoms with Crippen molar-refractivity contribution < 1.29 is 22.9 Å². The number of nitrogens with zero attached hydrogens (tertiary/aromatic N) is 2. The second-order valence-corrected chi connectivity index (χ2v) is 6.09. The van der Waals surface area contributed by atoms with E-state index in [1.807, 2.05) is 0 Å². The molecule has 0 bridgehead atoms. The van der Waals surface area contributed by atoms with Crippen LogP contribution in [0.5, 0.6) is 0 Å². The predicted octanol–water partition coefficient (Wildman–Crippen LogP) is 0.780. The third-order valence-electron chi connectivity index (χ3n) is 2.92. The van der Waals surface area contributed by atoms with Gasteiger partial charge < -0.3 is 4.74 Å². The lowest BCUT2D eigenvalue weighted by Gasteiger charge is -2.08. The Morgan fingerprint density at radius 2 is 1.83 bits per heavy atom. The Hall–Kier alpha value is -3.01. The number of pyridine rings is 1. The maximum atomic E-state index is 12.4. The van der Waals surface area contributed by atoms with Gasteiger partial charge in [0, 0.05) is 18.3 Å². The minimum atomic E-state index is -4.30. The van der Waals surface area contributed by atoms with Crippen molar-refractivity contribution in [3.05, 3.63) is 68.6 Å². The standard InChI is InChI=1S/C13H10N2O7S/c1-22-13(17)11-3-2-8-14(12(11)16)23(20,21)10-6-4-9(5-7-10)15(18)19/h2-8H,1H3. The van der Waals surface area contributed by atoms with Crippen molar-refractivity contribution in [2.75, 3.05) is 7.11 Å². The molecule has 0 saturated heterocycles. The fourth-order valence-electron chi connectivity index (χ4n) is 1.78. The van der Waals surface area contributed by atoms with Gasteiger partial charge in [0.05, 0.1) is 16.9 Å². The fraction of sp³-hybridized carbons (Fsp3) is 0.0769. The number of nitro benzene ring substituents is 1. The Kier molecular flexibility index (Phi) is 4.27. The lowest BCUT2D eigenvalue weighted by Crippen LogP contribution is -2.31. The smallest absolute Gasteiger partial charge is 0.343 e. The molecule has 0 N–H and O–H groups in total. The van der Waals surface area contributed by atoms with Crippen LogP contribution in [0.3, 0.4) is 0 Å². The van der Waals surface area contributed by atoms with Crippen molar-refractivity contribution in [1.82, 2.24) is 3.97 Å². The number of methoxy groups -OCH3 is 1. The molecule has 0 amide bonds. The Morgan fingerprint density at radius 1 is 1.22 bits per heavy atom. The first kappa shape index (κ1) is 16.4. The topological polar surface area (TPSA) is 126 Å². The quantitative estimate of drug-likeness (QED) is 0.458. The summed E-state index contributed by atoms with van der Waals surface area (Å²) in [6.45, 7) is 0. The molecular formula is C13H10N2O7S. The van der Waals surface area contributed by atoms with Crippen LogP contribution < -0.4 is 5.56 Å². The molecular weight excluding hydrogens is 328 g/mol. The molecule has 9 nitrogen and oxygen atoms in total. The normalized spacial score (nSPS) is 11.0. The number of rotatable bonds is 4. The first-order chi connectivity index (χ1) is 10.8. The van der Waals surface area contributed by atoms with Gasteiger partial charge in [-0.3, -0.25) is 14.9 Å². The van der Waals surface area contributed by atoms with Gasteiger partial charge in [-0.2, -0.15) is 0 Å². The zero-order chi connectivity index (χ0) is 17.2. The van der Waals surface area contributed by atoms with E-state index in [9.17, 15) is 28.1 Å². The van der Waals surface area contributed by atoms with E-state index in [0.29, 0.717) is 3.97 Å². The fourth-order valence-corrected chi connectivity index (χ4v) is 3.04. The summed E-state index contributed by atoms with van der Waals surface area (Å²) in [6.07, 6.45) is 0.978.